The first-order valence-corrected chi connectivity index (χ1v) is 8.73. The second kappa shape index (κ2) is 7.27. The fraction of sp³-hybridized carbons (Fsp3) is 0.571. The van der Waals surface area contributed by atoms with Gasteiger partial charge >= 0.3 is 0 Å². The van der Waals surface area contributed by atoms with Gasteiger partial charge in [0.25, 0.3) is 0 Å². The molecule has 0 saturated heterocycles. The Morgan fingerprint density at radius 3 is 2.53 bits per heavy atom. The van der Waals surface area contributed by atoms with Gasteiger partial charge in [0.05, 0.1) is 5.75 Å². The highest BCUT2D eigenvalue weighted by Gasteiger charge is 2.15. The Morgan fingerprint density at radius 1 is 1.26 bits per heavy atom. The zero-order valence-electron chi connectivity index (χ0n) is 11.7. The molecule has 0 spiro atoms. The van der Waals surface area contributed by atoms with Gasteiger partial charge in [-0.2, -0.15) is 0 Å². The van der Waals surface area contributed by atoms with Crippen LogP contribution >= 0.6 is 11.6 Å². The normalized spacial score (nSPS) is 15.2. The van der Waals surface area contributed by atoms with Crippen molar-refractivity contribution in [3.05, 3.63) is 34.9 Å². The molecule has 0 amide bonds. The Kier molecular flexibility index (Phi) is 6.30. The summed E-state index contributed by atoms with van der Waals surface area (Å²) in [6, 6.07) is 7.90. The number of hydrogen-bond donors (Lipinski definition) is 1. The number of hydrogen-bond acceptors (Lipinski definition) is 3. The van der Waals surface area contributed by atoms with Crippen LogP contribution in [-0.4, -0.2) is 32.0 Å². The van der Waals surface area contributed by atoms with Crippen LogP contribution in [0.25, 0.3) is 0 Å². The quantitative estimate of drug-likeness (QED) is 0.842. The molecule has 0 heterocycles. The Morgan fingerprint density at radius 2 is 1.95 bits per heavy atom. The monoisotopic (exact) mass is 303 g/mol. The van der Waals surface area contributed by atoms with E-state index in [0.29, 0.717) is 0 Å². The van der Waals surface area contributed by atoms with E-state index < -0.39 is 9.84 Å². The van der Waals surface area contributed by atoms with Crippen LogP contribution in [0.5, 0.6) is 0 Å². The van der Waals surface area contributed by atoms with Gasteiger partial charge in [0.2, 0.25) is 0 Å². The van der Waals surface area contributed by atoms with Crippen LogP contribution in [0, 0.1) is 0 Å². The molecular formula is C14H22ClNO2S. The molecule has 0 aliphatic heterocycles. The molecule has 2 unspecified atom stereocenters. The van der Waals surface area contributed by atoms with Crippen molar-refractivity contribution in [3.8, 4) is 0 Å². The minimum Gasteiger partial charge on any atom is -0.310 e. The van der Waals surface area contributed by atoms with Gasteiger partial charge in [0, 0.05) is 22.9 Å². The van der Waals surface area contributed by atoms with Gasteiger partial charge in [-0.25, -0.2) is 8.42 Å². The number of rotatable bonds is 7. The Balaban J connectivity index is 2.49. The maximum absolute atomic E-state index is 11.5. The third-order valence-corrected chi connectivity index (χ3v) is 5.07. The van der Waals surface area contributed by atoms with Crippen molar-refractivity contribution in [2.45, 2.75) is 39.3 Å². The van der Waals surface area contributed by atoms with E-state index in [0.717, 1.165) is 17.0 Å². The van der Waals surface area contributed by atoms with Crippen LogP contribution in [0.1, 0.15) is 26.3 Å². The van der Waals surface area contributed by atoms with E-state index in [1.54, 1.807) is 6.92 Å². The molecule has 0 bridgehead atoms. The van der Waals surface area contributed by atoms with Crippen molar-refractivity contribution in [1.29, 1.82) is 0 Å². The summed E-state index contributed by atoms with van der Waals surface area (Å²) in [6.07, 6.45) is 0.830. The van der Waals surface area contributed by atoms with Crippen molar-refractivity contribution in [3.63, 3.8) is 0 Å². The average molecular weight is 304 g/mol. The third kappa shape index (κ3) is 6.41. The predicted molar refractivity (Wildman–Crippen MR) is 81.5 cm³/mol. The van der Waals surface area contributed by atoms with E-state index in [4.69, 9.17) is 11.6 Å². The summed E-state index contributed by atoms with van der Waals surface area (Å²) in [5.41, 5.74) is 1.15. The second-order valence-corrected chi connectivity index (χ2v) is 7.84. The van der Waals surface area contributed by atoms with Crippen LogP contribution in [0.2, 0.25) is 5.02 Å². The molecule has 1 aromatic rings. The standard InChI is InChI=1S/C14H22ClNO2S/c1-4-19(17,18)10-12(3)16-11(2)8-13-6-5-7-14(15)9-13/h5-7,9,11-12,16H,4,8,10H2,1-3H3. The zero-order valence-corrected chi connectivity index (χ0v) is 13.3. The maximum Gasteiger partial charge on any atom is 0.151 e. The van der Waals surface area contributed by atoms with E-state index in [2.05, 4.69) is 12.2 Å². The number of sulfone groups is 1. The van der Waals surface area contributed by atoms with Gasteiger partial charge < -0.3 is 5.32 Å². The van der Waals surface area contributed by atoms with Crippen LogP contribution < -0.4 is 5.32 Å². The van der Waals surface area contributed by atoms with Gasteiger partial charge in [-0.3, -0.25) is 0 Å². The topological polar surface area (TPSA) is 46.2 Å². The Bertz CT molecular complexity index is 502. The molecule has 0 saturated carbocycles. The van der Waals surface area contributed by atoms with Crippen molar-refractivity contribution in [2.24, 2.45) is 0 Å². The van der Waals surface area contributed by atoms with E-state index >= 15 is 0 Å². The fourth-order valence-electron chi connectivity index (χ4n) is 2.11. The minimum absolute atomic E-state index is 0.0425. The van der Waals surface area contributed by atoms with Crippen molar-refractivity contribution in [1.82, 2.24) is 5.32 Å². The lowest BCUT2D eigenvalue weighted by Crippen LogP contribution is -2.40. The first-order valence-electron chi connectivity index (χ1n) is 6.53. The summed E-state index contributed by atoms with van der Waals surface area (Å²) >= 11 is 5.94. The molecule has 0 aliphatic rings. The highest BCUT2D eigenvalue weighted by Crippen LogP contribution is 2.12. The van der Waals surface area contributed by atoms with Crippen LogP contribution in [-0.2, 0) is 16.3 Å². The molecule has 0 aliphatic carbocycles. The maximum atomic E-state index is 11.5. The number of halogens is 1. The highest BCUT2D eigenvalue weighted by molar-refractivity contribution is 7.91. The molecule has 0 fully saturated rings. The van der Waals surface area contributed by atoms with Crippen molar-refractivity contribution >= 4 is 21.4 Å². The van der Waals surface area contributed by atoms with Gasteiger partial charge in [-0.15, -0.1) is 0 Å². The lowest BCUT2D eigenvalue weighted by atomic mass is 10.1. The first kappa shape index (κ1) is 16.5. The molecule has 1 N–H and O–H groups in total. The third-order valence-electron chi connectivity index (χ3n) is 2.94. The largest absolute Gasteiger partial charge is 0.310 e. The summed E-state index contributed by atoms with van der Waals surface area (Å²) in [5, 5.41) is 4.04. The van der Waals surface area contributed by atoms with Crippen LogP contribution in [0.15, 0.2) is 24.3 Å². The average Bonchev–Trinajstić information content (AvgIpc) is 2.27. The lowest BCUT2D eigenvalue weighted by molar-refractivity contribution is 0.483. The van der Waals surface area contributed by atoms with Gasteiger partial charge in [-0.05, 0) is 38.0 Å². The molecular weight excluding hydrogens is 282 g/mol. The van der Waals surface area contributed by atoms with Gasteiger partial charge in [-0.1, -0.05) is 30.7 Å². The van der Waals surface area contributed by atoms with Crippen molar-refractivity contribution in [2.75, 3.05) is 11.5 Å². The summed E-state index contributed by atoms with van der Waals surface area (Å²) < 4.78 is 23.1. The molecule has 19 heavy (non-hydrogen) atoms. The molecule has 3 nitrogen and oxygen atoms in total. The lowest BCUT2D eigenvalue weighted by Gasteiger charge is -2.20. The summed E-state index contributed by atoms with van der Waals surface area (Å²) in [4.78, 5) is 0. The predicted octanol–water partition coefficient (Wildman–Crippen LogP) is 2.68. The fourth-order valence-corrected chi connectivity index (χ4v) is 3.42. The number of nitrogens with one attached hydrogen (secondary N) is 1. The number of benzene rings is 1. The minimum atomic E-state index is -2.93. The van der Waals surface area contributed by atoms with E-state index in [1.807, 2.05) is 31.2 Å². The van der Waals surface area contributed by atoms with Crippen molar-refractivity contribution < 1.29 is 8.42 Å². The zero-order chi connectivity index (χ0) is 14.5. The SMILES string of the molecule is CCS(=O)(=O)CC(C)NC(C)Cc1cccc(Cl)c1. The van der Waals surface area contributed by atoms with Gasteiger partial charge in [0.15, 0.2) is 9.84 Å². The smallest absolute Gasteiger partial charge is 0.151 e. The first-order chi connectivity index (χ1) is 8.82. The van der Waals surface area contributed by atoms with Crippen LogP contribution in [0.4, 0.5) is 0 Å². The van der Waals surface area contributed by atoms with Gasteiger partial charge in [0.1, 0.15) is 0 Å². The Labute approximate surface area is 121 Å². The molecule has 0 aromatic heterocycles. The summed E-state index contributed by atoms with van der Waals surface area (Å²) in [7, 11) is -2.93. The molecule has 1 rings (SSSR count). The highest BCUT2D eigenvalue weighted by atomic mass is 35.5. The second-order valence-electron chi connectivity index (χ2n) is 5.00. The molecule has 108 valence electrons. The molecule has 2 atom stereocenters. The molecule has 0 radical (unpaired) electrons. The van der Waals surface area contributed by atoms with E-state index in [-0.39, 0.29) is 23.6 Å². The van der Waals surface area contributed by atoms with E-state index in [1.165, 1.54) is 0 Å². The summed E-state index contributed by atoms with van der Waals surface area (Å²) in [5.74, 6) is 0.380. The van der Waals surface area contributed by atoms with E-state index in [9.17, 15) is 8.42 Å². The van der Waals surface area contributed by atoms with Crippen LogP contribution in [0.3, 0.4) is 0 Å². The molecule has 5 heteroatoms. The summed E-state index contributed by atoms with van der Waals surface area (Å²) in [6.45, 7) is 5.63. The molecule has 1 aromatic carbocycles. The Hall–Kier alpha value is -0.580.